The Morgan fingerprint density at radius 2 is 1.75 bits per heavy atom. The molecule has 0 fully saturated rings. The lowest BCUT2D eigenvalue weighted by molar-refractivity contribution is 0.309. The number of likely N-dealkylation sites (N-methyl/N-ethyl adjacent to an activating group) is 1. The van der Waals surface area contributed by atoms with Gasteiger partial charge in [0.15, 0.2) is 0 Å². The van der Waals surface area contributed by atoms with Gasteiger partial charge in [-0.05, 0) is 49.4 Å². The molecule has 0 bridgehead atoms. The van der Waals surface area contributed by atoms with Crippen molar-refractivity contribution in [3.8, 4) is 17.2 Å². The van der Waals surface area contributed by atoms with Gasteiger partial charge in [0.05, 0.1) is 7.11 Å². The van der Waals surface area contributed by atoms with Gasteiger partial charge in [-0.15, -0.1) is 0 Å². The lowest BCUT2D eigenvalue weighted by Gasteiger charge is -2.26. The Hall–Kier alpha value is -2.00. The molecule has 0 saturated carbocycles. The fourth-order valence-electron chi connectivity index (χ4n) is 2.58. The number of fused-ring (bicyclic) bond motifs is 1. The first-order valence-electron chi connectivity index (χ1n) is 6.87. The molecule has 0 saturated heterocycles. The summed E-state index contributed by atoms with van der Waals surface area (Å²) in [5, 5.41) is 0. The van der Waals surface area contributed by atoms with Crippen LogP contribution in [0.1, 0.15) is 11.1 Å². The monoisotopic (exact) mass is 269 g/mol. The van der Waals surface area contributed by atoms with Gasteiger partial charge in [0, 0.05) is 18.7 Å². The molecule has 1 aliphatic heterocycles. The Morgan fingerprint density at radius 1 is 1.00 bits per heavy atom. The van der Waals surface area contributed by atoms with Crippen LogP contribution in [0.25, 0.3) is 0 Å². The second kappa shape index (κ2) is 5.55. The summed E-state index contributed by atoms with van der Waals surface area (Å²) in [5.41, 5.74) is 2.70. The first-order chi connectivity index (χ1) is 9.76. The van der Waals surface area contributed by atoms with E-state index < -0.39 is 0 Å². The summed E-state index contributed by atoms with van der Waals surface area (Å²) in [7, 11) is 3.82. The Balaban J connectivity index is 1.85. The van der Waals surface area contributed by atoms with Crippen molar-refractivity contribution in [2.24, 2.45) is 0 Å². The molecule has 2 aromatic rings. The molecule has 1 aliphatic rings. The Kier molecular flexibility index (Phi) is 3.61. The maximum atomic E-state index is 6.04. The van der Waals surface area contributed by atoms with Gasteiger partial charge in [0.2, 0.25) is 0 Å². The summed E-state index contributed by atoms with van der Waals surface area (Å²) < 4.78 is 11.2. The molecule has 3 rings (SSSR count). The lowest BCUT2D eigenvalue weighted by Crippen LogP contribution is -2.26. The van der Waals surface area contributed by atoms with Crippen molar-refractivity contribution < 1.29 is 9.47 Å². The van der Waals surface area contributed by atoms with Crippen LogP contribution in [0.3, 0.4) is 0 Å². The molecule has 3 heteroatoms. The first kappa shape index (κ1) is 13.0. The van der Waals surface area contributed by atoms with Crippen LogP contribution in [0.2, 0.25) is 0 Å². The highest BCUT2D eigenvalue weighted by Crippen LogP contribution is 2.31. The number of benzene rings is 2. The van der Waals surface area contributed by atoms with Crippen LogP contribution in [0.5, 0.6) is 17.2 Å². The van der Waals surface area contributed by atoms with Crippen molar-refractivity contribution in [2.75, 3.05) is 20.7 Å². The molecule has 0 atom stereocenters. The zero-order valence-electron chi connectivity index (χ0n) is 11.9. The van der Waals surface area contributed by atoms with Crippen LogP contribution in [0.15, 0.2) is 42.5 Å². The van der Waals surface area contributed by atoms with Crippen LogP contribution in [-0.2, 0) is 13.0 Å². The van der Waals surface area contributed by atoms with Gasteiger partial charge >= 0.3 is 0 Å². The second-order valence-electron chi connectivity index (χ2n) is 5.16. The molecule has 0 unspecified atom stereocenters. The minimum absolute atomic E-state index is 0.842. The predicted octanol–water partition coefficient (Wildman–Crippen LogP) is 3.48. The summed E-state index contributed by atoms with van der Waals surface area (Å²) in [4.78, 5) is 2.33. The van der Waals surface area contributed by atoms with Crippen LogP contribution in [0.4, 0.5) is 0 Å². The van der Waals surface area contributed by atoms with Crippen molar-refractivity contribution in [2.45, 2.75) is 13.0 Å². The van der Waals surface area contributed by atoms with Crippen LogP contribution >= 0.6 is 0 Å². The average molecular weight is 269 g/mol. The number of methoxy groups -OCH3 is 1. The fraction of sp³-hybridized carbons (Fsp3) is 0.294. The SMILES string of the molecule is COc1ccc(Oc2cccc3c2CCN(C)C3)cc1. The van der Waals surface area contributed by atoms with E-state index in [-0.39, 0.29) is 0 Å². The quantitative estimate of drug-likeness (QED) is 0.851. The van der Waals surface area contributed by atoms with E-state index in [4.69, 9.17) is 9.47 Å². The number of hydrogen-bond acceptors (Lipinski definition) is 3. The van der Waals surface area contributed by atoms with E-state index in [0.29, 0.717) is 0 Å². The fourth-order valence-corrected chi connectivity index (χ4v) is 2.58. The number of ether oxygens (including phenoxy) is 2. The summed E-state index contributed by atoms with van der Waals surface area (Å²) in [5.74, 6) is 2.66. The van der Waals surface area contributed by atoms with Crippen LogP contribution in [0, 0.1) is 0 Å². The van der Waals surface area contributed by atoms with Gasteiger partial charge in [0.1, 0.15) is 17.2 Å². The third-order valence-corrected chi connectivity index (χ3v) is 3.70. The van der Waals surface area contributed by atoms with Gasteiger partial charge in [-0.25, -0.2) is 0 Å². The van der Waals surface area contributed by atoms with E-state index >= 15 is 0 Å². The Morgan fingerprint density at radius 3 is 2.50 bits per heavy atom. The highest BCUT2D eigenvalue weighted by molar-refractivity contribution is 5.44. The summed E-state index contributed by atoms with van der Waals surface area (Å²) in [6.45, 7) is 2.07. The number of nitrogens with zero attached hydrogens (tertiary/aromatic N) is 1. The van der Waals surface area contributed by atoms with Crippen LogP contribution in [-0.4, -0.2) is 25.6 Å². The van der Waals surface area contributed by atoms with Gasteiger partial charge in [-0.3, -0.25) is 0 Å². The molecule has 20 heavy (non-hydrogen) atoms. The highest BCUT2D eigenvalue weighted by Gasteiger charge is 2.17. The molecular formula is C17H19NO2. The topological polar surface area (TPSA) is 21.7 Å². The maximum absolute atomic E-state index is 6.04. The van der Waals surface area contributed by atoms with Gasteiger partial charge in [0.25, 0.3) is 0 Å². The van der Waals surface area contributed by atoms with E-state index in [9.17, 15) is 0 Å². The minimum atomic E-state index is 0.842. The Bertz CT molecular complexity index is 592. The van der Waals surface area contributed by atoms with Gasteiger partial charge < -0.3 is 14.4 Å². The molecule has 0 radical (unpaired) electrons. The molecule has 0 amide bonds. The lowest BCUT2D eigenvalue weighted by atomic mass is 9.99. The van der Waals surface area contributed by atoms with Gasteiger partial charge in [-0.2, -0.15) is 0 Å². The third kappa shape index (κ3) is 2.63. The number of rotatable bonds is 3. The second-order valence-corrected chi connectivity index (χ2v) is 5.16. The third-order valence-electron chi connectivity index (χ3n) is 3.70. The van der Waals surface area contributed by atoms with Gasteiger partial charge in [-0.1, -0.05) is 12.1 Å². The van der Waals surface area contributed by atoms with E-state index in [0.717, 1.165) is 36.8 Å². The molecule has 1 heterocycles. The first-order valence-corrected chi connectivity index (χ1v) is 6.87. The minimum Gasteiger partial charge on any atom is -0.497 e. The zero-order valence-corrected chi connectivity index (χ0v) is 11.9. The molecule has 0 aromatic heterocycles. The van der Waals surface area contributed by atoms with Crippen molar-refractivity contribution in [3.05, 3.63) is 53.6 Å². The summed E-state index contributed by atoms with van der Waals surface area (Å²) >= 11 is 0. The van der Waals surface area contributed by atoms with E-state index in [2.05, 4.69) is 24.1 Å². The molecule has 0 N–H and O–H groups in total. The van der Waals surface area contributed by atoms with Crippen molar-refractivity contribution in [1.29, 1.82) is 0 Å². The van der Waals surface area contributed by atoms with Crippen LogP contribution < -0.4 is 9.47 Å². The maximum Gasteiger partial charge on any atom is 0.130 e. The molecule has 3 nitrogen and oxygen atoms in total. The average Bonchev–Trinajstić information content (AvgIpc) is 2.48. The largest absolute Gasteiger partial charge is 0.497 e. The zero-order chi connectivity index (χ0) is 13.9. The molecule has 104 valence electrons. The molecule has 2 aromatic carbocycles. The summed E-state index contributed by atoms with van der Waals surface area (Å²) in [6, 6.07) is 14.0. The van der Waals surface area contributed by atoms with E-state index in [1.54, 1.807) is 7.11 Å². The molecule has 0 aliphatic carbocycles. The molecule has 0 spiro atoms. The van der Waals surface area contributed by atoms with Crippen molar-refractivity contribution in [1.82, 2.24) is 4.90 Å². The van der Waals surface area contributed by atoms with Crippen molar-refractivity contribution in [3.63, 3.8) is 0 Å². The van der Waals surface area contributed by atoms with Crippen molar-refractivity contribution >= 4 is 0 Å². The standard InChI is InChI=1S/C17H19NO2/c1-18-11-10-16-13(12-18)4-3-5-17(16)20-15-8-6-14(19-2)7-9-15/h3-9H,10-12H2,1-2H3. The normalized spacial score (nSPS) is 14.7. The Labute approximate surface area is 119 Å². The summed E-state index contributed by atoms with van der Waals surface area (Å²) in [6.07, 6.45) is 1.04. The predicted molar refractivity (Wildman–Crippen MR) is 79.5 cm³/mol. The highest BCUT2D eigenvalue weighted by atomic mass is 16.5. The van der Waals surface area contributed by atoms with E-state index in [1.165, 1.54) is 11.1 Å². The smallest absolute Gasteiger partial charge is 0.130 e. The number of hydrogen-bond donors (Lipinski definition) is 0. The van der Waals surface area contributed by atoms with E-state index in [1.807, 2.05) is 30.3 Å². The molecular weight excluding hydrogens is 250 g/mol.